The lowest BCUT2D eigenvalue weighted by Gasteiger charge is -2.15. The van der Waals surface area contributed by atoms with Crippen molar-refractivity contribution < 1.29 is 9.90 Å². The number of carbonyl (C=O) groups is 1. The Morgan fingerprint density at radius 1 is 1.00 bits per heavy atom. The minimum absolute atomic E-state index is 0.184. The van der Waals surface area contributed by atoms with E-state index in [2.05, 4.69) is 0 Å². The summed E-state index contributed by atoms with van der Waals surface area (Å²) < 4.78 is 1.45. The first kappa shape index (κ1) is 14.1. The van der Waals surface area contributed by atoms with Gasteiger partial charge < -0.3 is 5.11 Å². The smallest absolute Gasteiger partial charge is 0.337 e. The van der Waals surface area contributed by atoms with Gasteiger partial charge in [-0.25, -0.2) is 4.79 Å². The van der Waals surface area contributed by atoms with E-state index in [0.29, 0.717) is 16.9 Å². The Hall–Kier alpha value is -2.36. The molecule has 0 saturated carbocycles. The van der Waals surface area contributed by atoms with Gasteiger partial charge in [-0.2, -0.15) is 0 Å². The molecule has 1 heterocycles. The zero-order valence-electron chi connectivity index (χ0n) is 12.0. The van der Waals surface area contributed by atoms with Crippen molar-refractivity contribution in [3.63, 3.8) is 0 Å². The normalized spacial score (nSPS) is 10.6. The van der Waals surface area contributed by atoms with Gasteiger partial charge in [-0.3, -0.25) is 9.36 Å². The van der Waals surface area contributed by atoms with E-state index in [9.17, 15) is 14.7 Å². The molecule has 0 aliphatic carbocycles. The molecule has 104 valence electrons. The summed E-state index contributed by atoms with van der Waals surface area (Å²) in [6.45, 7) is 7.20. The highest BCUT2D eigenvalue weighted by Gasteiger charge is 2.16. The molecule has 4 heteroatoms. The van der Waals surface area contributed by atoms with Gasteiger partial charge >= 0.3 is 5.97 Å². The summed E-state index contributed by atoms with van der Waals surface area (Å²) in [5.41, 5.74) is 3.67. The summed E-state index contributed by atoms with van der Waals surface area (Å²) in [6, 6.07) is 7.13. The van der Waals surface area contributed by atoms with E-state index in [4.69, 9.17) is 0 Å². The number of nitrogens with zero attached hydrogens (tertiary/aromatic N) is 1. The molecule has 0 aliphatic heterocycles. The van der Waals surface area contributed by atoms with Gasteiger partial charge in [-0.15, -0.1) is 0 Å². The number of carboxylic acids is 1. The van der Waals surface area contributed by atoms with Crippen LogP contribution in [0.1, 0.15) is 32.7 Å². The summed E-state index contributed by atoms with van der Waals surface area (Å²) in [4.78, 5) is 23.6. The van der Waals surface area contributed by atoms with E-state index in [1.807, 2.05) is 32.0 Å². The van der Waals surface area contributed by atoms with Crippen LogP contribution in [0.5, 0.6) is 0 Å². The molecule has 0 radical (unpaired) electrons. The van der Waals surface area contributed by atoms with E-state index < -0.39 is 5.97 Å². The maximum Gasteiger partial charge on any atom is 0.337 e. The first-order valence-corrected chi connectivity index (χ1v) is 6.36. The summed E-state index contributed by atoms with van der Waals surface area (Å²) in [5, 5.41) is 9.30. The molecule has 0 bridgehead atoms. The molecule has 0 aliphatic rings. The molecule has 0 amide bonds. The third-order valence-electron chi connectivity index (χ3n) is 3.33. The highest BCUT2D eigenvalue weighted by molar-refractivity contribution is 5.90. The van der Waals surface area contributed by atoms with E-state index in [-0.39, 0.29) is 11.1 Å². The quantitative estimate of drug-likeness (QED) is 0.913. The van der Waals surface area contributed by atoms with Gasteiger partial charge in [-0.05, 0) is 56.5 Å². The molecule has 0 unspecified atom stereocenters. The molecule has 1 aromatic heterocycles. The van der Waals surface area contributed by atoms with Crippen molar-refractivity contribution in [2.24, 2.45) is 0 Å². The van der Waals surface area contributed by atoms with Crippen molar-refractivity contribution >= 4 is 5.97 Å². The van der Waals surface area contributed by atoms with Crippen LogP contribution in [-0.2, 0) is 0 Å². The summed E-state index contributed by atoms with van der Waals surface area (Å²) in [6.07, 6.45) is 0. The lowest BCUT2D eigenvalue weighted by molar-refractivity contribution is 0.0694. The molecular weight excluding hydrogens is 254 g/mol. The Kier molecular flexibility index (Phi) is 3.49. The number of hydrogen-bond donors (Lipinski definition) is 1. The van der Waals surface area contributed by atoms with Gasteiger partial charge in [0.25, 0.3) is 5.56 Å². The molecule has 0 saturated heterocycles. The highest BCUT2D eigenvalue weighted by atomic mass is 16.4. The zero-order valence-corrected chi connectivity index (χ0v) is 12.0. The van der Waals surface area contributed by atoms with Crippen molar-refractivity contribution in [3.8, 4) is 5.69 Å². The Bertz CT molecular complexity index is 737. The van der Waals surface area contributed by atoms with Crippen LogP contribution in [0.2, 0.25) is 0 Å². The number of hydrogen-bond acceptors (Lipinski definition) is 2. The second-order valence-corrected chi connectivity index (χ2v) is 5.11. The maximum atomic E-state index is 12.2. The van der Waals surface area contributed by atoms with Gasteiger partial charge in [0.1, 0.15) is 0 Å². The fourth-order valence-electron chi connectivity index (χ4n) is 2.61. The number of aromatic nitrogens is 1. The van der Waals surface area contributed by atoms with Crippen LogP contribution in [0.4, 0.5) is 0 Å². The van der Waals surface area contributed by atoms with Crippen LogP contribution < -0.4 is 5.56 Å². The second-order valence-electron chi connectivity index (χ2n) is 5.11. The fourth-order valence-corrected chi connectivity index (χ4v) is 2.61. The lowest BCUT2D eigenvalue weighted by atomic mass is 10.1. The fraction of sp³-hybridized carbons (Fsp3) is 0.250. The average molecular weight is 271 g/mol. The molecule has 2 rings (SSSR count). The van der Waals surface area contributed by atoms with Crippen molar-refractivity contribution in [2.75, 3.05) is 0 Å². The summed E-state index contributed by atoms with van der Waals surface area (Å²) in [7, 11) is 0. The average Bonchev–Trinajstić information content (AvgIpc) is 2.25. The Labute approximate surface area is 117 Å². The highest BCUT2D eigenvalue weighted by Crippen LogP contribution is 2.18. The summed E-state index contributed by atoms with van der Waals surface area (Å²) in [5.74, 6) is -1.02. The van der Waals surface area contributed by atoms with E-state index in [0.717, 1.165) is 11.1 Å². The molecule has 0 atom stereocenters. The number of benzene rings is 1. The van der Waals surface area contributed by atoms with Gasteiger partial charge in [0.15, 0.2) is 0 Å². The first-order valence-electron chi connectivity index (χ1n) is 6.36. The zero-order chi connectivity index (χ0) is 15.0. The number of pyridine rings is 1. The van der Waals surface area contributed by atoms with Gasteiger partial charge in [0.05, 0.1) is 5.56 Å². The lowest BCUT2D eigenvalue weighted by Crippen LogP contribution is -2.24. The Morgan fingerprint density at radius 3 is 2.05 bits per heavy atom. The third kappa shape index (κ3) is 2.37. The molecule has 1 aromatic carbocycles. The maximum absolute atomic E-state index is 12.2. The van der Waals surface area contributed by atoms with E-state index in [1.165, 1.54) is 10.6 Å². The summed E-state index contributed by atoms with van der Waals surface area (Å²) >= 11 is 0. The molecule has 4 nitrogen and oxygen atoms in total. The van der Waals surface area contributed by atoms with Gasteiger partial charge in [0.2, 0.25) is 0 Å². The Balaban J connectivity index is 2.84. The van der Waals surface area contributed by atoms with Crippen molar-refractivity contribution in [1.82, 2.24) is 4.57 Å². The Morgan fingerprint density at radius 2 is 1.55 bits per heavy atom. The topological polar surface area (TPSA) is 59.3 Å². The largest absolute Gasteiger partial charge is 0.478 e. The van der Waals surface area contributed by atoms with Crippen LogP contribution >= 0.6 is 0 Å². The standard InChI is InChI=1S/C16H17NO3/c1-9-5-10(2)7-13(6-9)17-12(4)15(16(19)20)11(3)8-14(17)18/h5-8H,1-4H3,(H,19,20). The van der Waals surface area contributed by atoms with Crippen LogP contribution in [0, 0.1) is 27.7 Å². The number of rotatable bonds is 2. The number of carboxylic acid groups (broad SMARTS) is 1. The molecule has 0 spiro atoms. The number of aromatic carboxylic acids is 1. The predicted octanol–water partition coefficient (Wildman–Crippen LogP) is 2.77. The van der Waals surface area contributed by atoms with Crippen LogP contribution in [0.25, 0.3) is 5.69 Å². The van der Waals surface area contributed by atoms with Crippen LogP contribution in [-0.4, -0.2) is 15.6 Å². The van der Waals surface area contributed by atoms with Crippen LogP contribution in [0.15, 0.2) is 29.1 Å². The third-order valence-corrected chi connectivity index (χ3v) is 3.33. The molecule has 0 fully saturated rings. The number of aryl methyl sites for hydroxylation is 3. The van der Waals surface area contributed by atoms with E-state index in [1.54, 1.807) is 13.8 Å². The second kappa shape index (κ2) is 4.96. The molecule has 20 heavy (non-hydrogen) atoms. The van der Waals surface area contributed by atoms with Gasteiger partial charge in [0, 0.05) is 17.4 Å². The molecule has 1 N–H and O–H groups in total. The monoisotopic (exact) mass is 271 g/mol. The van der Waals surface area contributed by atoms with Crippen molar-refractivity contribution in [1.29, 1.82) is 0 Å². The molecular formula is C16H17NO3. The first-order chi connectivity index (χ1) is 9.31. The van der Waals surface area contributed by atoms with Crippen LogP contribution in [0.3, 0.4) is 0 Å². The SMILES string of the molecule is Cc1cc(C)cc(-n2c(C)c(C(=O)O)c(C)cc2=O)c1. The van der Waals surface area contributed by atoms with E-state index >= 15 is 0 Å². The predicted molar refractivity (Wildman–Crippen MR) is 77.9 cm³/mol. The van der Waals surface area contributed by atoms with Gasteiger partial charge in [-0.1, -0.05) is 6.07 Å². The molecule has 2 aromatic rings. The minimum Gasteiger partial charge on any atom is -0.478 e. The minimum atomic E-state index is -1.02. The van der Waals surface area contributed by atoms with Crippen molar-refractivity contribution in [3.05, 3.63) is 62.6 Å². The van der Waals surface area contributed by atoms with Crippen molar-refractivity contribution in [2.45, 2.75) is 27.7 Å².